The number of aromatic nitrogens is 2. The number of benzene rings is 1. The fourth-order valence-electron chi connectivity index (χ4n) is 4.33. The summed E-state index contributed by atoms with van der Waals surface area (Å²) in [7, 11) is 1.93. The average molecular weight is 389 g/mol. The van der Waals surface area contributed by atoms with Crippen LogP contribution in [0.4, 0.5) is 5.69 Å². The number of carbonyl (C=O) groups excluding carboxylic acids is 1. The molecule has 3 heterocycles. The molecule has 0 bridgehead atoms. The van der Waals surface area contributed by atoms with Gasteiger partial charge in [-0.1, -0.05) is 26.0 Å². The second-order valence-electron chi connectivity index (χ2n) is 7.95. The molecule has 4 rings (SSSR count). The minimum absolute atomic E-state index is 0. The Kier molecular flexibility index (Phi) is 5.92. The van der Waals surface area contributed by atoms with E-state index in [0.29, 0.717) is 5.92 Å². The third-order valence-electron chi connectivity index (χ3n) is 5.84. The van der Waals surface area contributed by atoms with Gasteiger partial charge in [-0.2, -0.15) is 5.10 Å². The second kappa shape index (κ2) is 8.03. The first-order valence-corrected chi connectivity index (χ1v) is 9.68. The van der Waals surface area contributed by atoms with E-state index in [1.54, 1.807) is 0 Å². The standard InChI is InChI=1S/C21H28N4O.ClH/c1-14(2)15-6-7-20-16(9-15)5-4-8-25(20)21(26)19-12-22-11-18(19)17-10-23-24(3)13-17;/h6-7,9-10,13-14,18-19,22H,4-5,8,11-12H2,1-3H3;1H/t18-,19+;/m1./s1. The Labute approximate surface area is 167 Å². The van der Waals surface area contributed by atoms with E-state index in [1.165, 1.54) is 11.1 Å². The molecule has 2 atom stereocenters. The summed E-state index contributed by atoms with van der Waals surface area (Å²) in [6.45, 7) is 6.85. The first kappa shape index (κ1) is 19.9. The van der Waals surface area contributed by atoms with Gasteiger partial charge >= 0.3 is 0 Å². The number of rotatable bonds is 3. The highest BCUT2D eigenvalue weighted by Gasteiger charge is 2.38. The van der Waals surface area contributed by atoms with E-state index in [9.17, 15) is 4.79 Å². The molecule has 1 aromatic heterocycles. The van der Waals surface area contributed by atoms with Crippen LogP contribution in [-0.2, 0) is 18.3 Å². The fourth-order valence-corrected chi connectivity index (χ4v) is 4.33. The highest BCUT2D eigenvalue weighted by molar-refractivity contribution is 5.97. The summed E-state index contributed by atoms with van der Waals surface area (Å²) in [5.74, 6) is 0.953. The Morgan fingerprint density at radius 2 is 2.11 bits per heavy atom. The van der Waals surface area contributed by atoms with Crippen LogP contribution in [0.25, 0.3) is 0 Å². The number of hydrogen-bond donors (Lipinski definition) is 1. The molecule has 0 radical (unpaired) electrons. The van der Waals surface area contributed by atoms with Gasteiger partial charge in [-0.15, -0.1) is 12.4 Å². The molecular weight excluding hydrogens is 360 g/mol. The zero-order valence-corrected chi connectivity index (χ0v) is 17.1. The van der Waals surface area contributed by atoms with Crippen LogP contribution in [0.1, 0.15) is 48.8 Å². The van der Waals surface area contributed by atoms with Crippen LogP contribution in [0, 0.1) is 5.92 Å². The number of anilines is 1. The van der Waals surface area contributed by atoms with Gasteiger partial charge < -0.3 is 10.2 Å². The molecule has 1 saturated heterocycles. The molecule has 5 nitrogen and oxygen atoms in total. The molecule has 27 heavy (non-hydrogen) atoms. The number of halogens is 1. The van der Waals surface area contributed by atoms with Gasteiger partial charge in [-0.3, -0.25) is 9.48 Å². The van der Waals surface area contributed by atoms with Crippen LogP contribution in [0.15, 0.2) is 30.6 Å². The van der Waals surface area contributed by atoms with Crippen molar-refractivity contribution in [1.82, 2.24) is 15.1 Å². The van der Waals surface area contributed by atoms with Crippen LogP contribution < -0.4 is 10.2 Å². The lowest BCUT2D eigenvalue weighted by atomic mass is 9.88. The SMILES string of the molecule is CC(C)c1ccc2c(c1)CCCN2C(=O)[C@H]1CNC[C@@H]1c1cnn(C)c1.Cl. The molecule has 1 fully saturated rings. The lowest BCUT2D eigenvalue weighted by Crippen LogP contribution is -2.41. The summed E-state index contributed by atoms with van der Waals surface area (Å²) in [4.78, 5) is 15.5. The van der Waals surface area contributed by atoms with E-state index in [1.807, 2.05) is 29.0 Å². The normalized spacial score (nSPS) is 21.9. The minimum atomic E-state index is -0.0186. The Hall–Kier alpha value is -1.85. The van der Waals surface area contributed by atoms with Crippen molar-refractivity contribution in [3.8, 4) is 0 Å². The Morgan fingerprint density at radius 3 is 2.81 bits per heavy atom. The van der Waals surface area contributed by atoms with Gasteiger partial charge in [-0.05, 0) is 41.5 Å². The van der Waals surface area contributed by atoms with Crippen molar-refractivity contribution < 1.29 is 4.79 Å². The van der Waals surface area contributed by atoms with Gasteiger partial charge in [0.2, 0.25) is 5.91 Å². The molecule has 1 aromatic carbocycles. The van der Waals surface area contributed by atoms with E-state index >= 15 is 0 Å². The molecule has 2 aromatic rings. The number of carbonyl (C=O) groups is 1. The van der Waals surface area contributed by atoms with E-state index in [-0.39, 0.29) is 30.2 Å². The highest BCUT2D eigenvalue weighted by atomic mass is 35.5. The maximum Gasteiger partial charge on any atom is 0.232 e. The van der Waals surface area contributed by atoms with Crippen LogP contribution >= 0.6 is 12.4 Å². The van der Waals surface area contributed by atoms with Crippen molar-refractivity contribution in [2.75, 3.05) is 24.5 Å². The third kappa shape index (κ3) is 3.76. The summed E-state index contributed by atoms with van der Waals surface area (Å²) >= 11 is 0. The third-order valence-corrected chi connectivity index (χ3v) is 5.84. The van der Waals surface area contributed by atoms with Crippen LogP contribution in [0.5, 0.6) is 0 Å². The smallest absolute Gasteiger partial charge is 0.232 e. The van der Waals surface area contributed by atoms with Crippen LogP contribution in [0.3, 0.4) is 0 Å². The Morgan fingerprint density at radius 1 is 1.30 bits per heavy atom. The largest absolute Gasteiger partial charge is 0.315 e. The molecule has 6 heteroatoms. The molecule has 0 aliphatic carbocycles. The predicted octanol–water partition coefficient (Wildman–Crippen LogP) is 3.25. The zero-order chi connectivity index (χ0) is 18.3. The number of fused-ring (bicyclic) bond motifs is 1. The summed E-state index contributed by atoms with van der Waals surface area (Å²) in [6.07, 6.45) is 6.04. The van der Waals surface area contributed by atoms with Gasteiger partial charge in [0.15, 0.2) is 0 Å². The van der Waals surface area contributed by atoms with E-state index in [0.717, 1.165) is 43.7 Å². The highest BCUT2D eigenvalue weighted by Crippen LogP contribution is 2.35. The number of amides is 1. The van der Waals surface area contributed by atoms with Gasteiger partial charge in [-0.25, -0.2) is 0 Å². The summed E-state index contributed by atoms with van der Waals surface area (Å²) in [5, 5.41) is 7.71. The zero-order valence-electron chi connectivity index (χ0n) is 16.3. The second-order valence-corrected chi connectivity index (χ2v) is 7.95. The van der Waals surface area contributed by atoms with E-state index in [2.05, 4.69) is 42.5 Å². The topological polar surface area (TPSA) is 50.2 Å². The van der Waals surface area contributed by atoms with E-state index < -0.39 is 0 Å². The molecule has 1 amide bonds. The molecule has 0 saturated carbocycles. The number of nitrogens with one attached hydrogen (secondary N) is 1. The molecule has 146 valence electrons. The number of aryl methyl sites for hydroxylation is 2. The van der Waals surface area contributed by atoms with Crippen LogP contribution in [-0.4, -0.2) is 35.3 Å². The van der Waals surface area contributed by atoms with Gasteiger partial charge in [0, 0.05) is 44.5 Å². The van der Waals surface area contributed by atoms with E-state index in [4.69, 9.17) is 0 Å². The van der Waals surface area contributed by atoms with Crippen molar-refractivity contribution in [3.05, 3.63) is 47.3 Å². The molecular formula is C21H29ClN4O. The quantitative estimate of drug-likeness (QED) is 0.878. The monoisotopic (exact) mass is 388 g/mol. The number of hydrogen-bond acceptors (Lipinski definition) is 3. The Bertz CT molecular complexity index is 816. The van der Waals surface area contributed by atoms with Crippen molar-refractivity contribution in [2.45, 2.75) is 38.5 Å². The van der Waals surface area contributed by atoms with Gasteiger partial charge in [0.05, 0.1) is 12.1 Å². The maximum atomic E-state index is 13.4. The predicted molar refractivity (Wildman–Crippen MR) is 111 cm³/mol. The molecule has 2 aliphatic rings. The summed E-state index contributed by atoms with van der Waals surface area (Å²) < 4.78 is 1.82. The Balaban J connectivity index is 0.00000210. The average Bonchev–Trinajstić information content (AvgIpc) is 3.28. The summed E-state index contributed by atoms with van der Waals surface area (Å²) in [5.41, 5.74) is 4.94. The first-order chi connectivity index (χ1) is 12.5. The molecule has 0 unspecified atom stereocenters. The molecule has 0 spiro atoms. The minimum Gasteiger partial charge on any atom is -0.315 e. The van der Waals surface area contributed by atoms with Gasteiger partial charge in [0.25, 0.3) is 0 Å². The lowest BCUT2D eigenvalue weighted by Gasteiger charge is -2.33. The van der Waals surface area contributed by atoms with Crippen molar-refractivity contribution in [2.24, 2.45) is 13.0 Å². The van der Waals surface area contributed by atoms with Gasteiger partial charge in [0.1, 0.15) is 0 Å². The lowest BCUT2D eigenvalue weighted by molar-refractivity contribution is -0.122. The van der Waals surface area contributed by atoms with Crippen molar-refractivity contribution in [1.29, 1.82) is 0 Å². The van der Waals surface area contributed by atoms with Crippen LogP contribution in [0.2, 0.25) is 0 Å². The molecule has 1 N–H and O–H groups in total. The molecule has 2 aliphatic heterocycles. The van der Waals surface area contributed by atoms with Crippen molar-refractivity contribution in [3.63, 3.8) is 0 Å². The number of nitrogens with zero attached hydrogens (tertiary/aromatic N) is 3. The fraction of sp³-hybridized carbons (Fsp3) is 0.524. The van der Waals surface area contributed by atoms with Crippen molar-refractivity contribution >= 4 is 24.0 Å². The first-order valence-electron chi connectivity index (χ1n) is 9.68. The maximum absolute atomic E-state index is 13.4. The summed E-state index contributed by atoms with van der Waals surface area (Å²) in [6, 6.07) is 6.63.